The SMILES string of the molecule is Cc1ccoc1CNc1ncnc2c1ncn2C1O[C@H](CO)[C@@H](O)[C@@H]1O. The monoisotopic (exact) mass is 361 g/mol. The number of hydrogen-bond donors (Lipinski definition) is 4. The fraction of sp³-hybridized carbons (Fsp3) is 0.438. The standard InChI is InChI=1S/C16H19N5O5/c1-8-2-3-25-9(8)4-17-14-11-15(19-6-18-14)21(7-20-11)16-13(24)12(23)10(5-22)26-16/h2-3,6-7,10,12-13,16,22-24H,4-5H2,1H3,(H,17,18,19)/t10-,12-,13+,16?/m1/s1. The molecule has 3 aromatic heterocycles. The van der Waals surface area contributed by atoms with E-state index in [0.717, 1.165) is 11.3 Å². The Hall–Kier alpha value is -2.53. The van der Waals surface area contributed by atoms with E-state index in [1.54, 1.807) is 6.26 Å². The molecule has 1 fully saturated rings. The second-order valence-electron chi connectivity index (χ2n) is 6.16. The van der Waals surface area contributed by atoms with Crippen LogP contribution in [0.5, 0.6) is 0 Å². The maximum atomic E-state index is 10.2. The average molecular weight is 361 g/mol. The summed E-state index contributed by atoms with van der Waals surface area (Å²) in [5.74, 6) is 1.30. The molecule has 1 saturated heterocycles. The van der Waals surface area contributed by atoms with Crippen LogP contribution in [0.2, 0.25) is 0 Å². The van der Waals surface area contributed by atoms with Gasteiger partial charge in [-0.2, -0.15) is 0 Å². The lowest BCUT2D eigenvalue weighted by atomic mass is 10.1. The molecule has 3 aromatic rings. The third-order valence-electron chi connectivity index (χ3n) is 4.53. The van der Waals surface area contributed by atoms with Crippen molar-refractivity contribution in [2.24, 2.45) is 0 Å². The topological polar surface area (TPSA) is 139 Å². The maximum absolute atomic E-state index is 10.2. The van der Waals surface area contributed by atoms with Crippen molar-refractivity contribution in [2.45, 2.75) is 38.0 Å². The maximum Gasteiger partial charge on any atom is 0.167 e. The average Bonchev–Trinajstić information content (AvgIpc) is 3.32. The lowest BCUT2D eigenvalue weighted by Crippen LogP contribution is -2.33. The molecular weight excluding hydrogens is 342 g/mol. The number of nitrogens with zero attached hydrogens (tertiary/aromatic N) is 4. The Morgan fingerprint density at radius 3 is 2.77 bits per heavy atom. The Morgan fingerprint density at radius 1 is 1.23 bits per heavy atom. The van der Waals surface area contributed by atoms with Gasteiger partial charge in [0.2, 0.25) is 0 Å². The minimum atomic E-state index is -1.21. The van der Waals surface area contributed by atoms with Gasteiger partial charge in [-0.15, -0.1) is 0 Å². The van der Waals surface area contributed by atoms with Crippen LogP contribution in [0.15, 0.2) is 29.4 Å². The highest BCUT2D eigenvalue weighted by atomic mass is 16.6. The molecule has 1 unspecified atom stereocenters. The number of furan rings is 1. The summed E-state index contributed by atoms with van der Waals surface area (Å²) in [5, 5.41) is 32.6. The predicted molar refractivity (Wildman–Crippen MR) is 89.1 cm³/mol. The third-order valence-corrected chi connectivity index (χ3v) is 4.53. The number of anilines is 1. The van der Waals surface area contributed by atoms with Crippen molar-refractivity contribution in [1.82, 2.24) is 19.5 Å². The minimum absolute atomic E-state index is 0.397. The first-order valence-corrected chi connectivity index (χ1v) is 8.17. The normalized spacial score (nSPS) is 25.8. The highest BCUT2D eigenvalue weighted by Crippen LogP contribution is 2.32. The van der Waals surface area contributed by atoms with Crippen LogP contribution in [0.25, 0.3) is 11.2 Å². The van der Waals surface area contributed by atoms with Gasteiger partial charge in [0, 0.05) is 0 Å². The zero-order valence-electron chi connectivity index (χ0n) is 14.0. The Morgan fingerprint density at radius 2 is 2.08 bits per heavy atom. The van der Waals surface area contributed by atoms with Crippen LogP contribution in [-0.2, 0) is 11.3 Å². The molecule has 0 amide bonds. The first-order valence-electron chi connectivity index (χ1n) is 8.17. The fourth-order valence-electron chi connectivity index (χ4n) is 3.03. The zero-order valence-corrected chi connectivity index (χ0v) is 14.0. The van der Waals surface area contributed by atoms with Crippen LogP contribution < -0.4 is 5.32 Å². The Bertz CT molecular complexity index is 909. The zero-order chi connectivity index (χ0) is 18.3. The van der Waals surface area contributed by atoms with Gasteiger partial charge in [0.05, 0.1) is 25.7 Å². The molecule has 4 atom stereocenters. The molecule has 0 aromatic carbocycles. The Kier molecular flexibility index (Phi) is 4.32. The molecule has 1 aliphatic heterocycles. The number of ether oxygens (including phenoxy) is 1. The molecule has 10 nitrogen and oxygen atoms in total. The van der Waals surface area contributed by atoms with E-state index in [4.69, 9.17) is 9.15 Å². The van der Waals surface area contributed by atoms with E-state index in [2.05, 4.69) is 20.3 Å². The second-order valence-corrected chi connectivity index (χ2v) is 6.16. The van der Waals surface area contributed by atoms with Gasteiger partial charge in [-0.3, -0.25) is 4.57 Å². The number of fused-ring (bicyclic) bond motifs is 1. The van der Waals surface area contributed by atoms with Crippen LogP contribution in [-0.4, -0.2) is 59.8 Å². The van der Waals surface area contributed by atoms with Crippen LogP contribution >= 0.6 is 0 Å². The van der Waals surface area contributed by atoms with E-state index >= 15 is 0 Å². The number of aliphatic hydroxyl groups is 3. The molecule has 0 spiro atoms. The van der Waals surface area contributed by atoms with Gasteiger partial charge >= 0.3 is 0 Å². The van der Waals surface area contributed by atoms with E-state index in [1.165, 1.54) is 17.2 Å². The summed E-state index contributed by atoms with van der Waals surface area (Å²) in [6, 6.07) is 1.88. The summed E-state index contributed by atoms with van der Waals surface area (Å²) in [5.41, 5.74) is 1.96. The first-order chi connectivity index (χ1) is 12.6. The van der Waals surface area contributed by atoms with Gasteiger partial charge in [-0.25, -0.2) is 15.0 Å². The number of rotatable bonds is 5. The van der Waals surface area contributed by atoms with E-state index in [0.29, 0.717) is 23.5 Å². The molecule has 4 rings (SSSR count). The first kappa shape index (κ1) is 16.9. The third kappa shape index (κ3) is 2.72. The van der Waals surface area contributed by atoms with E-state index in [-0.39, 0.29) is 0 Å². The lowest BCUT2D eigenvalue weighted by Gasteiger charge is -2.16. The van der Waals surface area contributed by atoms with Crippen LogP contribution in [0, 0.1) is 6.92 Å². The molecular formula is C16H19N5O5. The molecule has 1 aliphatic rings. The second kappa shape index (κ2) is 6.65. The van der Waals surface area contributed by atoms with Gasteiger partial charge in [0.15, 0.2) is 23.2 Å². The minimum Gasteiger partial charge on any atom is -0.467 e. The molecule has 4 heterocycles. The van der Waals surface area contributed by atoms with Crippen molar-refractivity contribution in [3.8, 4) is 0 Å². The molecule has 0 saturated carbocycles. The molecule has 0 radical (unpaired) electrons. The molecule has 0 aliphatic carbocycles. The molecule has 4 N–H and O–H groups in total. The largest absolute Gasteiger partial charge is 0.467 e. The summed E-state index contributed by atoms with van der Waals surface area (Å²) >= 11 is 0. The Balaban J connectivity index is 1.62. The number of aromatic nitrogens is 4. The summed E-state index contributed by atoms with van der Waals surface area (Å²) < 4.78 is 12.5. The highest BCUT2D eigenvalue weighted by molar-refractivity contribution is 5.82. The van der Waals surface area contributed by atoms with Crippen LogP contribution in [0.4, 0.5) is 5.82 Å². The number of aliphatic hydroxyl groups excluding tert-OH is 3. The Labute approximate surface area is 148 Å². The molecule has 26 heavy (non-hydrogen) atoms. The van der Waals surface area contributed by atoms with E-state index < -0.39 is 31.1 Å². The van der Waals surface area contributed by atoms with Crippen LogP contribution in [0.3, 0.4) is 0 Å². The molecule has 0 bridgehead atoms. The van der Waals surface area contributed by atoms with Gasteiger partial charge in [-0.05, 0) is 18.6 Å². The fourth-order valence-corrected chi connectivity index (χ4v) is 3.03. The number of nitrogens with one attached hydrogen (secondary N) is 1. The van der Waals surface area contributed by atoms with Crippen molar-refractivity contribution < 1.29 is 24.5 Å². The molecule has 10 heteroatoms. The number of imidazole rings is 1. The van der Waals surface area contributed by atoms with Crippen molar-refractivity contribution in [3.63, 3.8) is 0 Å². The summed E-state index contributed by atoms with van der Waals surface area (Å²) in [6.07, 6.45) is 0.294. The lowest BCUT2D eigenvalue weighted by molar-refractivity contribution is -0.0511. The summed E-state index contributed by atoms with van der Waals surface area (Å²) in [6.45, 7) is 1.99. The number of aryl methyl sites for hydroxylation is 1. The van der Waals surface area contributed by atoms with Crippen molar-refractivity contribution in [3.05, 3.63) is 36.3 Å². The smallest absolute Gasteiger partial charge is 0.167 e. The van der Waals surface area contributed by atoms with Crippen LogP contribution in [0.1, 0.15) is 17.6 Å². The van der Waals surface area contributed by atoms with Crippen molar-refractivity contribution >= 4 is 17.0 Å². The van der Waals surface area contributed by atoms with E-state index in [1.807, 2.05) is 13.0 Å². The van der Waals surface area contributed by atoms with Gasteiger partial charge in [-0.1, -0.05) is 0 Å². The van der Waals surface area contributed by atoms with Gasteiger partial charge in [0.25, 0.3) is 0 Å². The van der Waals surface area contributed by atoms with E-state index in [9.17, 15) is 15.3 Å². The predicted octanol–water partition coefficient (Wildman–Crippen LogP) is -0.0487. The highest BCUT2D eigenvalue weighted by Gasteiger charge is 2.44. The van der Waals surface area contributed by atoms with Gasteiger partial charge < -0.3 is 29.8 Å². The van der Waals surface area contributed by atoms with Crippen molar-refractivity contribution in [2.75, 3.05) is 11.9 Å². The summed E-state index contributed by atoms with van der Waals surface area (Å²) in [7, 11) is 0. The van der Waals surface area contributed by atoms with Gasteiger partial charge in [0.1, 0.15) is 30.4 Å². The van der Waals surface area contributed by atoms with Crippen molar-refractivity contribution in [1.29, 1.82) is 0 Å². The number of hydrogen-bond acceptors (Lipinski definition) is 9. The summed E-state index contributed by atoms with van der Waals surface area (Å²) in [4.78, 5) is 12.7. The quantitative estimate of drug-likeness (QED) is 0.492. The molecule has 138 valence electrons.